The van der Waals surface area contributed by atoms with Gasteiger partial charge in [-0.2, -0.15) is 0 Å². The summed E-state index contributed by atoms with van der Waals surface area (Å²) in [6.45, 7) is 7.26. The van der Waals surface area contributed by atoms with Crippen LogP contribution in [0.15, 0.2) is 42.7 Å². The molecule has 0 saturated carbocycles. The summed E-state index contributed by atoms with van der Waals surface area (Å²) in [4.78, 5) is 9.38. The Bertz CT molecular complexity index is 686. The van der Waals surface area contributed by atoms with Gasteiger partial charge in [-0.3, -0.25) is 14.8 Å². The number of methoxy groups -OCH3 is 2. The zero-order valence-electron chi connectivity index (χ0n) is 16.7. The minimum atomic E-state index is 0.604. The predicted molar refractivity (Wildman–Crippen MR) is 108 cm³/mol. The Balaban J connectivity index is 1.83. The first-order valence-electron chi connectivity index (χ1n) is 9.80. The molecule has 2 aromatic rings. The lowest BCUT2D eigenvalue weighted by Crippen LogP contribution is -2.39. The highest BCUT2D eigenvalue weighted by Gasteiger charge is 2.26. The van der Waals surface area contributed by atoms with Gasteiger partial charge in [-0.15, -0.1) is 0 Å². The van der Waals surface area contributed by atoms with Gasteiger partial charge in [-0.25, -0.2) is 0 Å². The van der Waals surface area contributed by atoms with Gasteiger partial charge in [0.25, 0.3) is 0 Å². The van der Waals surface area contributed by atoms with E-state index in [2.05, 4.69) is 27.8 Å². The molecule has 5 heteroatoms. The molecular formula is C22H31N3O2. The smallest absolute Gasteiger partial charge is 0.127 e. The van der Waals surface area contributed by atoms with E-state index in [1.807, 2.05) is 36.7 Å². The van der Waals surface area contributed by atoms with Crippen molar-refractivity contribution in [2.24, 2.45) is 0 Å². The first kappa shape index (κ1) is 19.6. The third kappa shape index (κ3) is 4.99. The molecule has 1 atom stereocenters. The lowest BCUT2D eigenvalue weighted by Gasteiger charge is -2.31. The van der Waals surface area contributed by atoms with Crippen molar-refractivity contribution in [3.05, 3.63) is 53.9 Å². The summed E-state index contributed by atoms with van der Waals surface area (Å²) in [5.74, 6) is 1.76. The number of likely N-dealkylation sites (N-methyl/N-ethyl adjacent to an activating group) is 1. The molecule has 3 rings (SSSR count). The average Bonchev–Trinajstić information content (AvgIpc) is 3.16. The maximum absolute atomic E-state index is 5.62. The Morgan fingerprint density at radius 2 is 1.89 bits per heavy atom. The molecule has 1 saturated heterocycles. The summed E-state index contributed by atoms with van der Waals surface area (Å²) < 4.78 is 11.2. The first-order valence-corrected chi connectivity index (χ1v) is 9.80. The van der Waals surface area contributed by atoms with Crippen molar-refractivity contribution in [2.75, 3.05) is 33.9 Å². The number of nitrogens with zero attached hydrogens (tertiary/aromatic N) is 3. The predicted octanol–water partition coefficient (Wildman–Crippen LogP) is 3.59. The highest BCUT2D eigenvalue weighted by atomic mass is 16.5. The number of benzene rings is 1. The molecule has 0 N–H and O–H groups in total. The van der Waals surface area contributed by atoms with Gasteiger partial charge in [0.1, 0.15) is 11.5 Å². The lowest BCUT2D eigenvalue weighted by molar-refractivity contribution is 0.163. The second-order valence-corrected chi connectivity index (χ2v) is 7.10. The number of likely N-dealkylation sites (tertiary alicyclic amines) is 1. The topological polar surface area (TPSA) is 37.8 Å². The van der Waals surface area contributed by atoms with Gasteiger partial charge >= 0.3 is 0 Å². The molecule has 27 heavy (non-hydrogen) atoms. The van der Waals surface area contributed by atoms with E-state index < -0.39 is 0 Å². The molecule has 0 spiro atoms. The zero-order chi connectivity index (χ0) is 19.1. The van der Waals surface area contributed by atoms with E-state index in [9.17, 15) is 0 Å². The monoisotopic (exact) mass is 369 g/mol. The fraction of sp³-hybridized carbons (Fsp3) is 0.500. The van der Waals surface area contributed by atoms with Crippen LogP contribution in [-0.2, 0) is 13.1 Å². The van der Waals surface area contributed by atoms with Gasteiger partial charge in [0, 0.05) is 38.1 Å². The number of aromatic nitrogens is 1. The van der Waals surface area contributed by atoms with Crippen molar-refractivity contribution >= 4 is 0 Å². The molecule has 1 aliphatic rings. The maximum Gasteiger partial charge on any atom is 0.127 e. The summed E-state index contributed by atoms with van der Waals surface area (Å²) >= 11 is 0. The fourth-order valence-corrected chi connectivity index (χ4v) is 4.06. The van der Waals surface area contributed by atoms with E-state index in [1.54, 1.807) is 14.2 Å². The standard InChI is InChI=1S/C22H31N3O2/c1-4-25-13-7-9-19(25)16-24(15-18-8-6-12-23-14-18)17-20-21(26-2)10-5-11-22(20)27-3/h5-6,8,10-12,14,19H,4,7,9,13,15-17H2,1-3H3. The van der Waals surface area contributed by atoms with Crippen molar-refractivity contribution in [1.29, 1.82) is 0 Å². The Morgan fingerprint density at radius 3 is 2.52 bits per heavy atom. The zero-order valence-corrected chi connectivity index (χ0v) is 16.7. The van der Waals surface area contributed by atoms with E-state index in [0.717, 1.165) is 43.2 Å². The molecule has 1 fully saturated rings. The number of rotatable bonds is 9. The summed E-state index contributed by atoms with van der Waals surface area (Å²) in [6, 6.07) is 10.7. The average molecular weight is 370 g/mol. The SMILES string of the molecule is CCN1CCCC1CN(Cc1cccnc1)Cc1c(OC)cccc1OC. The van der Waals surface area contributed by atoms with Crippen LogP contribution in [-0.4, -0.2) is 54.7 Å². The van der Waals surface area contributed by atoms with Crippen LogP contribution in [0.5, 0.6) is 11.5 Å². The van der Waals surface area contributed by atoms with Gasteiger partial charge in [0.05, 0.1) is 19.8 Å². The van der Waals surface area contributed by atoms with Crippen molar-refractivity contribution < 1.29 is 9.47 Å². The van der Waals surface area contributed by atoms with Crippen molar-refractivity contribution in [3.8, 4) is 11.5 Å². The van der Waals surface area contributed by atoms with Crippen molar-refractivity contribution in [3.63, 3.8) is 0 Å². The molecule has 1 aromatic carbocycles. The highest BCUT2D eigenvalue weighted by Crippen LogP contribution is 2.30. The molecule has 0 amide bonds. The summed E-state index contributed by atoms with van der Waals surface area (Å²) in [5.41, 5.74) is 2.33. The largest absolute Gasteiger partial charge is 0.496 e. The minimum Gasteiger partial charge on any atom is -0.496 e. The Hall–Kier alpha value is -2.11. The van der Waals surface area contributed by atoms with Crippen LogP contribution in [0.4, 0.5) is 0 Å². The minimum absolute atomic E-state index is 0.604. The molecule has 1 aromatic heterocycles. The number of ether oxygens (including phenoxy) is 2. The molecule has 1 unspecified atom stereocenters. The maximum atomic E-state index is 5.62. The molecule has 2 heterocycles. The van der Waals surface area contributed by atoms with Gasteiger partial charge < -0.3 is 9.47 Å². The molecular weight excluding hydrogens is 338 g/mol. The second-order valence-electron chi connectivity index (χ2n) is 7.10. The summed E-state index contributed by atoms with van der Waals surface area (Å²) in [5, 5.41) is 0. The summed E-state index contributed by atoms with van der Waals surface area (Å²) in [7, 11) is 3.44. The molecule has 0 bridgehead atoms. The third-order valence-electron chi connectivity index (χ3n) is 5.41. The third-order valence-corrected chi connectivity index (χ3v) is 5.41. The van der Waals surface area contributed by atoms with Crippen LogP contribution in [0.2, 0.25) is 0 Å². The van der Waals surface area contributed by atoms with Gasteiger partial charge in [-0.1, -0.05) is 19.1 Å². The Labute approximate surface area is 162 Å². The Kier molecular flexibility index (Phi) is 7.07. The van der Waals surface area contributed by atoms with Crippen LogP contribution in [0.3, 0.4) is 0 Å². The quantitative estimate of drug-likeness (QED) is 0.675. The number of hydrogen-bond acceptors (Lipinski definition) is 5. The van der Waals surface area contributed by atoms with Gasteiger partial charge in [0.2, 0.25) is 0 Å². The molecule has 0 radical (unpaired) electrons. The van der Waals surface area contributed by atoms with Crippen LogP contribution in [0.1, 0.15) is 30.9 Å². The molecule has 0 aliphatic carbocycles. The Morgan fingerprint density at radius 1 is 1.11 bits per heavy atom. The molecule has 5 nitrogen and oxygen atoms in total. The second kappa shape index (κ2) is 9.72. The number of hydrogen-bond donors (Lipinski definition) is 0. The van der Waals surface area contributed by atoms with E-state index in [4.69, 9.17) is 9.47 Å². The van der Waals surface area contributed by atoms with E-state index in [-0.39, 0.29) is 0 Å². The lowest BCUT2D eigenvalue weighted by atomic mass is 10.1. The van der Waals surface area contributed by atoms with E-state index in [1.165, 1.54) is 24.9 Å². The normalized spacial score (nSPS) is 17.4. The first-order chi connectivity index (χ1) is 13.2. The highest BCUT2D eigenvalue weighted by molar-refractivity contribution is 5.44. The summed E-state index contributed by atoms with van der Waals surface area (Å²) in [6.07, 6.45) is 6.34. The molecule has 1 aliphatic heterocycles. The van der Waals surface area contributed by atoms with Crippen molar-refractivity contribution in [1.82, 2.24) is 14.8 Å². The molecule has 146 valence electrons. The van der Waals surface area contributed by atoms with Crippen LogP contribution in [0.25, 0.3) is 0 Å². The fourth-order valence-electron chi connectivity index (χ4n) is 4.06. The van der Waals surface area contributed by atoms with Gasteiger partial charge in [0.15, 0.2) is 0 Å². The number of pyridine rings is 1. The van der Waals surface area contributed by atoms with Gasteiger partial charge in [-0.05, 0) is 49.7 Å². The van der Waals surface area contributed by atoms with Crippen LogP contribution in [0, 0.1) is 0 Å². The van der Waals surface area contributed by atoms with E-state index >= 15 is 0 Å². The van der Waals surface area contributed by atoms with Crippen LogP contribution >= 0.6 is 0 Å². The van der Waals surface area contributed by atoms with E-state index in [0.29, 0.717) is 6.04 Å². The van der Waals surface area contributed by atoms with Crippen molar-refractivity contribution in [2.45, 2.75) is 38.9 Å². The van der Waals surface area contributed by atoms with Crippen LogP contribution < -0.4 is 9.47 Å².